The molecule has 1 aliphatic rings. The van der Waals surface area contributed by atoms with Crippen LogP contribution in [0.1, 0.15) is 32.3 Å². The molecular weight excluding hydrogens is 318 g/mol. The minimum atomic E-state index is -0.448. The largest absolute Gasteiger partial charge is 0.445 e. The Labute approximate surface area is 149 Å². The zero-order valence-corrected chi connectivity index (χ0v) is 15.2. The third-order valence-corrected chi connectivity index (χ3v) is 4.64. The number of hydrogen-bond acceptors (Lipinski definition) is 4. The van der Waals surface area contributed by atoms with Gasteiger partial charge in [0, 0.05) is 26.2 Å². The third kappa shape index (κ3) is 5.74. The summed E-state index contributed by atoms with van der Waals surface area (Å²) in [5.41, 5.74) is 6.65. The van der Waals surface area contributed by atoms with E-state index in [4.69, 9.17) is 10.5 Å². The van der Waals surface area contributed by atoms with Crippen molar-refractivity contribution >= 4 is 12.0 Å². The fourth-order valence-corrected chi connectivity index (χ4v) is 3.08. The Morgan fingerprint density at radius 2 is 1.92 bits per heavy atom. The molecule has 25 heavy (non-hydrogen) atoms. The number of carbonyl (C=O) groups excluding carboxylic acids is 2. The molecule has 2 rings (SSSR count). The minimum absolute atomic E-state index is 0.00747. The number of benzene rings is 1. The van der Waals surface area contributed by atoms with Crippen LogP contribution in [0.5, 0.6) is 0 Å². The molecule has 1 atom stereocenters. The zero-order chi connectivity index (χ0) is 18.2. The van der Waals surface area contributed by atoms with Gasteiger partial charge in [-0.05, 0) is 38.2 Å². The molecule has 1 aromatic carbocycles. The first-order chi connectivity index (χ1) is 12.0. The maximum Gasteiger partial charge on any atom is 0.410 e. The van der Waals surface area contributed by atoms with Gasteiger partial charge >= 0.3 is 6.09 Å². The lowest BCUT2D eigenvalue weighted by Gasteiger charge is -2.35. The van der Waals surface area contributed by atoms with Crippen molar-refractivity contribution in [2.45, 2.75) is 39.3 Å². The van der Waals surface area contributed by atoms with Crippen LogP contribution in [0.4, 0.5) is 4.79 Å². The number of carbonyl (C=O) groups is 2. The second kappa shape index (κ2) is 9.42. The highest BCUT2D eigenvalue weighted by atomic mass is 16.6. The molecule has 0 saturated carbocycles. The van der Waals surface area contributed by atoms with Crippen LogP contribution >= 0.6 is 0 Å². The van der Waals surface area contributed by atoms with Crippen molar-refractivity contribution in [3.8, 4) is 0 Å². The van der Waals surface area contributed by atoms with Crippen molar-refractivity contribution in [3.63, 3.8) is 0 Å². The standard InChI is InChI=1S/C19H29N3O3/c1-3-21(19(24)25-14-17-7-5-4-6-8-17)13-16-9-11-22(12-10-16)18(23)15(2)20/h4-8,15-16H,3,9-14,20H2,1-2H3. The SMILES string of the molecule is CCN(CC1CCN(C(=O)C(C)N)CC1)C(=O)OCc1ccccc1. The van der Waals surface area contributed by atoms with Gasteiger partial charge in [0.2, 0.25) is 5.91 Å². The number of nitrogens with zero attached hydrogens (tertiary/aromatic N) is 2. The summed E-state index contributed by atoms with van der Waals surface area (Å²) in [6.45, 7) is 6.67. The van der Waals surface area contributed by atoms with Gasteiger partial charge in [-0.1, -0.05) is 30.3 Å². The van der Waals surface area contributed by atoms with Crippen LogP contribution in [-0.2, 0) is 16.1 Å². The fraction of sp³-hybridized carbons (Fsp3) is 0.579. The number of amides is 2. The van der Waals surface area contributed by atoms with Crippen molar-refractivity contribution in [1.29, 1.82) is 0 Å². The van der Waals surface area contributed by atoms with E-state index < -0.39 is 6.04 Å². The number of likely N-dealkylation sites (tertiary alicyclic amines) is 1. The predicted octanol–water partition coefficient (Wildman–Crippen LogP) is 2.23. The first kappa shape index (κ1) is 19.2. The van der Waals surface area contributed by atoms with Crippen molar-refractivity contribution in [3.05, 3.63) is 35.9 Å². The Balaban J connectivity index is 1.78. The molecule has 1 fully saturated rings. The maximum atomic E-state index is 12.3. The average molecular weight is 347 g/mol. The van der Waals surface area contributed by atoms with E-state index in [1.54, 1.807) is 11.8 Å². The highest BCUT2D eigenvalue weighted by molar-refractivity contribution is 5.81. The lowest BCUT2D eigenvalue weighted by Crippen LogP contribution is -2.47. The topological polar surface area (TPSA) is 75.9 Å². The lowest BCUT2D eigenvalue weighted by molar-refractivity contribution is -0.133. The van der Waals surface area contributed by atoms with E-state index in [1.165, 1.54) is 0 Å². The van der Waals surface area contributed by atoms with Gasteiger partial charge < -0.3 is 20.3 Å². The van der Waals surface area contributed by atoms with Crippen molar-refractivity contribution in [2.75, 3.05) is 26.2 Å². The highest BCUT2D eigenvalue weighted by Gasteiger charge is 2.27. The van der Waals surface area contributed by atoms with Gasteiger partial charge in [0.05, 0.1) is 6.04 Å². The van der Waals surface area contributed by atoms with Gasteiger partial charge in [0.25, 0.3) is 0 Å². The van der Waals surface area contributed by atoms with E-state index in [1.807, 2.05) is 42.2 Å². The first-order valence-electron chi connectivity index (χ1n) is 9.01. The van der Waals surface area contributed by atoms with E-state index in [0.717, 1.165) is 18.4 Å². The summed E-state index contributed by atoms with van der Waals surface area (Å²) in [6, 6.07) is 9.22. The minimum Gasteiger partial charge on any atom is -0.445 e. The summed E-state index contributed by atoms with van der Waals surface area (Å²) in [5.74, 6) is 0.398. The Morgan fingerprint density at radius 1 is 1.28 bits per heavy atom. The van der Waals surface area contributed by atoms with Gasteiger partial charge in [0.1, 0.15) is 6.61 Å². The zero-order valence-electron chi connectivity index (χ0n) is 15.2. The second-order valence-corrected chi connectivity index (χ2v) is 6.64. The number of ether oxygens (including phenoxy) is 1. The van der Waals surface area contributed by atoms with Crippen LogP contribution in [0, 0.1) is 5.92 Å². The van der Waals surface area contributed by atoms with Crippen LogP contribution in [-0.4, -0.2) is 54.0 Å². The molecule has 0 bridgehead atoms. The highest BCUT2D eigenvalue weighted by Crippen LogP contribution is 2.19. The summed E-state index contributed by atoms with van der Waals surface area (Å²) in [4.78, 5) is 27.8. The van der Waals surface area contributed by atoms with E-state index in [0.29, 0.717) is 32.1 Å². The molecule has 1 saturated heterocycles. The summed E-state index contributed by atoms with van der Waals surface area (Å²) in [6.07, 6.45) is 1.50. The summed E-state index contributed by atoms with van der Waals surface area (Å²) in [7, 11) is 0. The first-order valence-corrected chi connectivity index (χ1v) is 9.01. The Morgan fingerprint density at radius 3 is 2.48 bits per heavy atom. The van der Waals surface area contributed by atoms with Gasteiger partial charge in [-0.3, -0.25) is 4.79 Å². The van der Waals surface area contributed by atoms with E-state index in [9.17, 15) is 9.59 Å². The van der Waals surface area contributed by atoms with Gasteiger partial charge in [-0.15, -0.1) is 0 Å². The third-order valence-electron chi connectivity index (χ3n) is 4.64. The molecule has 0 aliphatic carbocycles. The summed E-state index contributed by atoms with van der Waals surface area (Å²) >= 11 is 0. The molecule has 6 heteroatoms. The Kier molecular flexibility index (Phi) is 7.25. The van der Waals surface area contributed by atoms with Crippen LogP contribution in [0.2, 0.25) is 0 Å². The lowest BCUT2D eigenvalue weighted by atomic mass is 9.96. The number of rotatable bonds is 6. The monoisotopic (exact) mass is 347 g/mol. The van der Waals surface area contributed by atoms with Crippen molar-refractivity contribution in [1.82, 2.24) is 9.80 Å². The molecule has 0 aromatic heterocycles. The fourth-order valence-electron chi connectivity index (χ4n) is 3.08. The molecule has 2 amide bonds. The maximum absolute atomic E-state index is 12.3. The van der Waals surface area contributed by atoms with Gasteiger partial charge in [0.15, 0.2) is 0 Å². The molecule has 1 heterocycles. The normalized spacial score (nSPS) is 16.4. The average Bonchev–Trinajstić information content (AvgIpc) is 2.64. The van der Waals surface area contributed by atoms with Crippen LogP contribution in [0.15, 0.2) is 30.3 Å². The van der Waals surface area contributed by atoms with E-state index >= 15 is 0 Å². The molecular formula is C19H29N3O3. The quantitative estimate of drug-likeness (QED) is 0.856. The molecule has 1 unspecified atom stereocenters. The van der Waals surface area contributed by atoms with Crippen LogP contribution in [0.3, 0.4) is 0 Å². The van der Waals surface area contributed by atoms with E-state index in [2.05, 4.69) is 0 Å². The Hall–Kier alpha value is -2.08. The molecule has 0 radical (unpaired) electrons. The van der Waals surface area contributed by atoms with E-state index in [-0.39, 0.29) is 18.6 Å². The molecule has 138 valence electrons. The second-order valence-electron chi connectivity index (χ2n) is 6.64. The van der Waals surface area contributed by atoms with Gasteiger partial charge in [-0.25, -0.2) is 4.79 Å². The molecule has 1 aromatic rings. The molecule has 0 spiro atoms. The van der Waals surface area contributed by atoms with Crippen molar-refractivity contribution in [2.24, 2.45) is 11.7 Å². The molecule has 1 aliphatic heterocycles. The summed E-state index contributed by atoms with van der Waals surface area (Å²) in [5, 5.41) is 0. The van der Waals surface area contributed by atoms with Gasteiger partial charge in [-0.2, -0.15) is 0 Å². The Bertz CT molecular complexity index is 554. The molecule has 6 nitrogen and oxygen atoms in total. The summed E-state index contributed by atoms with van der Waals surface area (Å²) < 4.78 is 5.42. The predicted molar refractivity (Wildman–Crippen MR) is 96.8 cm³/mol. The number of hydrogen-bond donors (Lipinski definition) is 1. The molecule has 2 N–H and O–H groups in total. The van der Waals surface area contributed by atoms with Crippen molar-refractivity contribution < 1.29 is 14.3 Å². The smallest absolute Gasteiger partial charge is 0.410 e. The van der Waals surface area contributed by atoms with Crippen LogP contribution in [0.25, 0.3) is 0 Å². The number of nitrogens with two attached hydrogens (primary N) is 1. The number of piperidine rings is 1. The van der Waals surface area contributed by atoms with Crippen LogP contribution < -0.4 is 5.73 Å².